The molecule has 86 valence electrons. The molecule has 0 aliphatic rings. The van der Waals surface area contributed by atoms with E-state index in [-0.39, 0.29) is 0 Å². The van der Waals surface area contributed by atoms with Crippen molar-refractivity contribution >= 4 is 11.9 Å². The van der Waals surface area contributed by atoms with Crippen LogP contribution in [0.4, 0.5) is 0 Å². The molecule has 4 heteroatoms. The van der Waals surface area contributed by atoms with E-state index in [1.54, 1.807) is 0 Å². The van der Waals surface area contributed by atoms with Crippen molar-refractivity contribution in [3.63, 3.8) is 0 Å². The third-order valence-corrected chi connectivity index (χ3v) is 2.32. The quantitative estimate of drug-likeness (QED) is 0.397. The molecule has 15 heavy (non-hydrogen) atoms. The number of ether oxygens (including phenoxy) is 2. The second-order valence-corrected chi connectivity index (χ2v) is 3.42. The Labute approximate surface area is 90.2 Å². The monoisotopic (exact) mass is 214 g/mol. The summed E-state index contributed by atoms with van der Waals surface area (Å²) in [7, 11) is 2.53. The molecule has 0 radical (unpaired) electrons. The first-order valence-corrected chi connectivity index (χ1v) is 4.81. The van der Waals surface area contributed by atoms with Crippen LogP contribution in [0, 0.1) is 5.41 Å². The Morgan fingerprint density at radius 1 is 1.20 bits per heavy atom. The molecule has 0 atom stereocenters. The van der Waals surface area contributed by atoms with Crippen LogP contribution in [0.1, 0.15) is 26.7 Å². The number of hydrogen-bond acceptors (Lipinski definition) is 4. The highest BCUT2D eigenvalue weighted by atomic mass is 16.5. The SMILES string of the molecule is C/C=C/CCC(C)(C(=O)OC)C(=O)OC. The van der Waals surface area contributed by atoms with Gasteiger partial charge in [0, 0.05) is 0 Å². The molecule has 0 unspecified atom stereocenters. The van der Waals surface area contributed by atoms with E-state index in [1.165, 1.54) is 21.1 Å². The molecule has 0 aromatic rings. The Hall–Kier alpha value is -1.32. The predicted octanol–water partition coefficient (Wildman–Crippen LogP) is 1.70. The van der Waals surface area contributed by atoms with Crippen LogP contribution in [0.3, 0.4) is 0 Å². The van der Waals surface area contributed by atoms with Gasteiger partial charge in [-0.3, -0.25) is 9.59 Å². The normalized spacial score (nSPS) is 11.5. The standard InChI is InChI=1S/C11H18O4/c1-5-6-7-8-11(2,9(12)14-3)10(13)15-4/h5-6H,7-8H2,1-4H3/b6-5+. The van der Waals surface area contributed by atoms with E-state index in [9.17, 15) is 9.59 Å². The lowest BCUT2D eigenvalue weighted by Crippen LogP contribution is -2.38. The first kappa shape index (κ1) is 13.7. The zero-order chi connectivity index (χ0) is 11.9. The van der Waals surface area contributed by atoms with E-state index >= 15 is 0 Å². The Balaban J connectivity index is 4.69. The van der Waals surface area contributed by atoms with Crippen LogP contribution < -0.4 is 0 Å². The number of hydrogen-bond donors (Lipinski definition) is 0. The smallest absolute Gasteiger partial charge is 0.322 e. The van der Waals surface area contributed by atoms with Crippen molar-refractivity contribution in [2.24, 2.45) is 5.41 Å². The van der Waals surface area contributed by atoms with Crippen molar-refractivity contribution in [2.45, 2.75) is 26.7 Å². The average molecular weight is 214 g/mol. The minimum Gasteiger partial charge on any atom is -0.468 e. The summed E-state index contributed by atoms with van der Waals surface area (Å²) >= 11 is 0. The van der Waals surface area contributed by atoms with Crippen LogP contribution in [0.25, 0.3) is 0 Å². The van der Waals surface area contributed by atoms with Crippen molar-refractivity contribution in [1.82, 2.24) is 0 Å². The lowest BCUT2D eigenvalue weighted by molar-refractivity contribution is -0.168. The van der Waals surface area contributed by atoms with Gasteiger partial charge in [-0.05, 0) is 26.7 Å². The van der Waals surface area contributed by atoms with Crippen LogP contribution in [0.2, 0.25) is 0 Å². The number of allylic oxidation sites excluding steroid dienone is 2. The van der Waals surface area contributed by atoms with Gasteiger partial charge in [0.25, 0.3) is 0 Å². The van der Waals surface area contributed by atoms with Gasteiger partial charge in [-0.15, -0.1) is 0 Å². The molecule has 0 aliphatic heterocycles. The first-order valence-electron chi connectivity index (χ1n) is 4.81. The molecular formula is C11H18O4. The van der Waals surface area contributed by atoms with Crippen molar-refractivity contribution in [3.8, 4) is 0 Å². The predicted molar refractivity (Wildman–Crippen MR) is 56.2 cm³/mol. The Morgan fingerprint density at radius 2 is 1.67 bits per heavy atom. The van der Waals surface area contributed by atoms with Gasteiger partial charge in [0.2, 0.25) is 0 Å². The van der Waals surface area contributed by atoms with Crippen LogP contribution in [0.15, 0.2) is 12.2 Å². The first-order chi connectivity index (χ1) is 7.02. The number of carbonyl (C=O) groups excluding carboxylic acids is 2. The van der Waals surface area contributed by atoms with Gasteiger partial charge in [0.05, 0.1) is 14.2 Å². The molecule has 0 rings (SSSR count). The summed E-state index contributed by atoms with van der Waals surface area (Å²) < 4.78 is 9.21. The fourth-order valence-corrected chi connectivity index (χ4v) is 1.28. The molecule has 0 N–H and O–H groups in total. The maximum atomic E-state index is 11.5. The van der Waals surface area contributed by atoms with Crippen molar-refractivity contribution in [2.75, 3.05) is 14.2 Å². The number of methoxy groups -OCH3 is 2. The summed E-state index contributed by atoms with van der Waals surface area (Å²) in [6, 6.07) is 0. The average Bonchev–Trinajstić information content (AvgIpc) is 2.26. The molecule has 0 spiro atoms. The van der Waals surface area contributed by atoms with Gasteiger partial charge >= 0.3 is 11.9 Å². The van der Waals surface area contributed by atoms with Gasteiger partial charge < -0.3 is 9.47 Å². The van der Waals surface area contributed by atoms with Crippen LogP contribution in [-0.4, -0.2) is 26.2 Å². The van der Waals surface area contributed by atoms with E-state index < -0.39 is 17.4 Å². The largest absolute Gasteiger partial charge is 0.468 e. The second-order valence-electron chi connectivity index (χ2n) is 3.42. The summed E-state index contributed by atoms with van der Waals surface area (Å²) in [5, 5.41) is 0. The molecule has 0 saturated carbocycles. The molecule has 0 aromatic carbocycles. The van der Waals surface area contributed by atoms with E-state index in [0.717, 1.165) is 0 Å². The summed E-state index contributed by atoms with van der Waals surface area (Å²) in [6.45, 7) is 3.42. The molecule has 0 bridgehead atoms. The van der Waals surface area contributed by atoms with Gasteiger partial charge in [0.15, 0.2) is 5.41 Å². The van der Waals surface area contributed by atoms with Crippen LogP contribution in [-0.2, 0) is 19.1 Å². The minimum absolute atomic E-state index is 0.386. The Bertz CT molecular complexity index is 239. The highest BCUT2D eigenvalue weighted by Gasteiger charge is 2.42. The lowest BCUT2D eigenvalue weighted by Gasteiger charge is -2.22. The summed E-state index contributed by atoms with van der Waals surface area (Å²) in [5.74, 6) is -1.11. The number of esters is 2. The fourth-order valence-electron chi connectivity index (χ4n) is 1.28. The van der Waals surface area contributed by atoms with Gasteiger partial charge in [-0.1, -0.05) is 12.2 Å². The summed E-state index contributed by atoms with van der Waals surface area (Å²) in [5.41, 5.74) is -1.21. The van der Waals surface area contributed by atoms with Crippen molar-refractivity contribution in [1.29, 1.82) is 0 Å². The third-order valence-electron chi connectivity index (χ3n) is 2.32. The van der Waals surface area contributed by atoms with Crippen LogP contribution >= 0.6 is 0 Å². The molecule has 0 saturated heterocycles. The Morgan fingerprint density at radius 3 is 2.00 bits per heavy atom. The zero-order valence-corrected chi connectivity index (χ0v) is 9.70. The maximum Gasteiger partial charge on any atom is 0.322 e. The van der Waals surface area contributed by atoms with Crippen molar-refractivity contribution in [3.05, 3.63) is 12.2 Å². The molecule has 0 fully saturated rings. The summed E-state index contributed by atoms with van der Waals surface area (Å²) in [6.07, 6.45) is 4.78. The third kappa shape index (κ3) is 3.38. The minimum atomic E-state index is -1.21. The number of rotatable bonds is 5. The van der Waals surface area contributed by atoms with E-state index in [2.05, 4.69) is 9.47 Å². The second kappa shape index (κ2) is 6.22. The highest BCUT2D eigenvalue weighted by Crippen LogP contribution is 2.26. The molecular weight excluding hydrogens is 196 g/mol. The summed E-state index contributed by atoms with van der Waals surface area (Å²) in [4.78, 5) is 23.0. The van der Waals surface area contributed by atoms with Gasteiger partial charge in [-0.2, -0.15) is 0 Å². The molecule has 4 nitrogen and oxygen atoms in total. The van der Waals surface area contributed by atoms with E-state index in [4.69, 9.17) is 0 Å². The molecule has 0 amide bonds. The topological polar surface area (TPSA) is 52.6 Å². The van der Waals surface area contributed by atoms with Crippen LogP contribution in [0.5, 0.6) is 0 Å². The highest BCUT2D eigenvalue weighted by molar-refractivity contribution is 5.99. The lowest BCUT2D eigenvalue weighted by atomic mass is 9.85. The molecule has 0 aromatic heterocycles. The maximum absolute atomic E-state index is 11.5. The van der Waals surface area contributed by atoms with E-state index in [1.807, 2.05) is 19.1 Å². The van der Waals surface area contributed by atoms with Gasteiger partial charge in [-0.25, -0.2) is 0 Å². The Kier molecular flexibility index (Phi) is 5.67. The fraction of sp³-hybridized carbons (Fsp3) is 0.636. The zero-order valence-electron chi connectivity index (χ0n) is 9.70. The van der Waals surface area contributed by atoms with Gasteiger partial charge in [0.1, 0.15) is 0 Å². The molecule has 0 aliphatic carbocycles. The molecule has 0 heterocycles. The van der Waals surface area contributed by atoms with Crippen molar-refractivity contribution < 1.29 is 19.1 Å². The van der Waals surface area contributed by atoms with E-state index in [0.29, 0.717) is 12.8 Å². The number of carbonyl (C=O) groups is 2.